The van der Waals surface area contributed by atoms with E-state index in [0.29, 0.717) is 5.92 Å². The molecule has 0 saturated carbocycles. The van der Waals surface area contributed by atoms with E-state index in [2.05, 4.69) is 30.3 Å². The second kappa shape index (κ2) is 6.71. The number of nitrogens with two attached hydrogens (primary N) is 1. The number of hydrogen-bond acceptors (Lipinski definition) is 2. The van der Waals surface area contributed by atoms with Crippen molar-refractivity contribution in [3.8, 4) is 0 Å². The van der Waals surface area contributed by atoms with Gasteiger partial charge in [0.15, 0.2) is 0 Å². The fourth-order valence-corrected chi connectivity index (χ4v) is 2.71. The van der Waals surface area contributed by atoms with E-state index in [0.717, 1.165) is 38.8 Å². The van der Waals surface area contributed by atoms with Crippen molar-refractivity contribution in [2.24, 2.45) is 11.7 Å². The maximum Gasteiger partial charge on any atom is 0.239 e. The number of piperidine rings is 1. The van der Waals surface area contributed by atoms with Crippen molar-refractivity contribution in [3.63, 3.8) is 0 Å². The molecule has 1 fully saturated rings. The molecular weight excluding hydrogens is 236 g/mol. The zero-order chi connectivity index (χ0) is 13.7. The predicted octanol–water partition coefficient (Wildman–Crippen LogP) is 2.21. The third kappa shape index (κ3) is 3.80. The molecule has 1 amide bonds. The first-order valence-electron chi connectivity index (χ1n) is 7.29. The van der Waals surface area contributed by atoms with Crippen molar-refractivity contribution in [3.05, 3.63) is 35.9 Å². The van der Waals surface area contributed by atoms with Gasteiger partial charge in [0, 0.05) is 13.1 Å². The van der Waals surface area contributed by atoms with Crippen LogP contribution in [0.1, 0.15) is 31.7 Å². The molecule has 2 N–H and O–H groups in total. The van der Waals surface area contributed by atoms with Crippen LogP contribution in [0.25, 0.3) is 0 Å². The molecule has 1 atom stereocenters. The van der Waals surface area contributed by atoms with E-state index < -0.39 is 0 Å². The van der Waals surface area contributed by atoms with Gasteiger partial charge in [0.25, 0.3) is 0 Å². The Kier molecular flexibility index (Phi) is 4.97. The number of nitrogens with zero attached hydrogens (tertiary/aromatic N) is 1. The standard InChI is InChI=1S/C16H24N2O/c1-2-15(17)16(19)18-10-8-14(9-11-18)12-13-6-4-3-5-7-13/h3-7,14-15H,2,8-12,17H2,1H3/t15-/m1/s1. The number of carbonyl (C=O) groups is 1. The van der Waals surface area contributed by atoms with Crippen LogP contribution >= 0.6 is 0 Å². The average molecular weight is 260 g/mol. The van der Waals surface area contributed by atoms with Gasteiger partial charge in [0.1, 0.15) is 0 Å². The summed E-state index contributed by atoms with van der Waals surface area (Å²) in [6, 6.07) is 10.3. The SMILES string of the molecule is CC[C@@H](N)C(=O)N1CCC(Cc2ccccc2)CC1. The lowest BCUT2D eigenvalue weighted by Gasteiger charge is -2.33. The summed E-state index contributed by atoms with van der Waals surface area (Å²) in [6.07, 6.45) is 4.04. The Morgan fingerprint density at radius 3 is 2.53 bits per heavy atom. The molecule has 2 rings (SSSR count). The Hall–Kier alpha value is -1.35. The van der Waals surface area contributed by atoms with E-state index in [4.69, 9.17) is 5.73 Å². The summed E-state index contributed by atoms with van der Waals surface area (Å²) in [7, 11) is 0. The second-order valence-corrected chi connectivity index (χ2v) is 5.47. The minimum absolute atomic E-state index is 0.126. The fraction of sp³-hybridized carbons (Fsp3) is 0.562. The maximum atomic E-state index is 12.0. The van der Waals surface area contributed by atoms with Gasteiger partial charge in [0.05, 0.1) is 6.04 Å². The van der Waals surface area contributed by atoms with Crippen LogP contribution < -0.4 is 5.73 Å². The third-order valence-corrected chi connectivity index (χ3v) is 4.05. The smallest absolute Gasteiger partial charge is 0.239 e. The highest BCUT2D eigenvalue weighted by molar-refractivity contribution is 5.81. The first kappa shape index (κ1) is 14.1. The van der Waals surface area contributed by atoms with Crippen LogP contribution in [0.4, 0.5) is 0 Å². The molecule has 0 spiro atoms. The molecule has 1 aliphatic heterocycles. The van der Waals surface area contributed by atoms with Gasteiger partial charge in [0.2, 0.25) is 5.91 Å². The molecule has 0 bridgehead atoms. The Labute approximate surface area is 115 Å². The zero-order valence-electron chi connectivity index (χ0n) is 11.7. The predicted molar refractivity (Wildman–Crippen MR) is 77.7 cm³/mol. The van der Waals surface area contributed by atoms with Crippen molar-refractivity contribution >= 4 is 5.91 Å². The molecule has 1 aromatic rings. The summed E-state index contributed by atoms with van der Waals surface area (Å²) in [5.74, 6) is 0.824. The van der Waals surface area contributed by atoms with Crippen LogP contribution in [0.2, 0.25) is 0 Å². The summed E-state index contributed by atoms with van der Waals surface area (Å²) in [6.45, 7) is 3.69. The Morgan fingerprint density at radius 2 is 1.95 bits per heavy atom. The monoisotopic (exact) mass is 260 g/mol. The summed E-state index contributed by atoms with van der Waals surface area (Å²) < 4.78 is 0. The number of carbonyl (C=O) groups excluding carboxylic acids is 1. The molecular formula is C16H24N2O. The summed E-state index contributed by atoms with van der Waals surface area (Å²) in [5.41, 5.74) is 7.21. The fourth-order valence-electron chi connectivity index (χ4n) is 2.71. The average Bonchev–Trinajstić information content (AvgIpc) is 2.47. The third-order valence-electron chi connectivity index (χ3n) is 4.05. The Bertz CT molecular complexity index is 396. The van der Waals surface area contributed by atoms with Crippen LogP contribution in [0.15, 0.2) is 30.3 Å². The normalized spacial score (nSPS) is 18.3. The topological polar surface area (TPSA) is 46.3 Å². The largest absolute Gasteiger partial charge is 0.341 e. The molecule has 104 valence electrons. The first-order valence-corrected chi connectivity index (χ1v) is 7.29. The lowest BCUT2D eigenvalue weighted by Crippen LogP contribution is -2.47. The first-order chi connectivity index (χ1) is 9.20. The molecule has 1 saturated heterocycles. The minimum atomic E-state index is -0.314. The molecule has 1 heterocycles. The summed E-state index contributed by atoms with van der Waals surface area (Å²) in [4.78, 5) is 13.9. The van der Waals surface area contributed by atoms with Crippen molar-refractivity contribution in [1.29, 1.82) is 0 Å². The van der Waals surface area contributed by atoms with Crippen molar-refractivity contribution in [2.75, 3.05) is 13.1 Å². The molecule has 0 radical (unpaired) electrons. The van der Waals surface area contributed by atoms with Crippen LogP contribution in [-0.2, 0) is 11.2 Å². The lowest BCUT2D eigenvalue weighted by molar-refractivity contribution is -0.134. The minimum Gasteiger partial charge on any atom is -0.341 e. The number of likely N-dealkylation sites (tertiary alicyclic amines) is 1. The van der Waals surface area contributed by atoms with E-state index in [1.807, 2.05) is 11.8 Å². The summed E-state index contributed by atoms with van der Waals surface area (Å²) in [5, 5.41) is 0. The van der Waals surface area contributed by atoms with Gasteiger partial charge in [-0.3, -0.25) is 4.79 Å². The van der Waals surface area contributed by atoms with E-state index in [-0.39, 0.29) is 11.9 Å². The van der Waals surface area contributed by atoms with Crippen LogP contribution in [0, 0.1) is 5.92 Å². The molecule has 0 aromatic heterocycles. The molecule has 3 heteroatoms. The molecule has 0 unspecified atom stereocenters. The second-order valence-electron chi connectivity index (χ2n) is 5.47. The molecule has 19 heavy (non-hydrogen) atoms. The number of benzene rings is 1. The highest BCUT2D eigenvalue weighted by atomic mass is 16.2. The van der Waals surface area contributed by atoms with Gasteiger partial charge < -0.3 is 10.6 Å². The van der Waals surface area contributed by atoms with Crippen molar-refractivity contribution in [2.45, 2.75) is 38.6 Å². The highest BCUT2D eigenvalue weighted by Gasteiger charge is 2.25. The highest BCUT2D eigenvalue weighted by Crippen LogP contribution is 2.22. The maximum absolute atomic E-state index is 12.0. The molecule has 1 aliphatic rings. The molecule has 3 nitrogen and oxygen atoms in total. The van der Waals surface area contributed by atoms with Crippen LogP contribution in [0.3, 0.4) is 0 Å². The number of hydrogen-bond donors (Lipinski definition) is 1. The lowest BCUT2D eigenvalue weighted by atomic mass is 9.90. The van der Waals surface area contributed by atoms with E-state index in [1.54, 1.807) is 0 Å². The summed E-state index contributed by atoms with van der Waals surface area (Å²) >= 11 is 0. The van der Waals surface area contributed by atoms with E-state index >= 15 is 0 Å². The van der Waals surface area contributed by atoms with Gasteiger partial charge in [-0.25, -0.2) is 0 Å². The molecule has 0 aliphatic carbocycles. The van der Waals surface area contributed by atoms with Gasteiger partial charge in [-0.05, 0) is 37.2 Å². The van der Waals surface area contributed by atoms with Gasteiger partial charge in [-0.2, -0.15) is 0 Å². The van der Waals surface area contributed by atoms with Crippen molar-refractivity contribution in [1.82, 2.24) is 4.90 Å². The van der Waals surface area contributed by atoms with E-state index in [9.17, 15) is 4.79 Å². The number of amides is 1. The van der Waals surface area contributed by atoms with Crippen LogP contribution in [-0.4, -0.2) is 29.9 Å². The van der Waals surface area contributed by atoms with E-state index in [1.165, 1.54) is 5.56 Å². The Balaban J connectivity index is 1.81. The zero-order valence-corrected chi connectivity index (χ0v) is 11.7. The number of rotatable bonds is 4. The van der Waals surface area contributed by atoms with Gasteiger partial charge in [-0.15, -0.1) is 0 Å². The van der Waals surface area contributed by atoms with Gasteiger partial charge >= 0.3 is 0 Å². The molecule has 1 aromatic carbocycles. The van der Waals surface area contributed by atoms with Gasteiger partial charge in [-0.1, -0.05) is 37.3 Å². The quantitative estimate of drug-likeness (QED) is 0.902. The Morgan fingerprint density at radius 1 is 1.32 bits per heavy atom. The van der Waals surface area contributed by atoms with Crippen LogP contribution in [0.5, 0.6) is 0 Å². The van der Waals surface area contributed by atoms with Crippen molar-refractivity contribution < 1.29 is 4.79 Å².